The third-order valence-electron chi connectivity index (χ3n) is 3.60. The average Bonchev–Trinajstić information content (AvgIpc) is 2.86. The number of likely N-dealkylation sites (N-methyl/N-ethyl adjacent to an activating group) is 1. The van der Waals surface area contributed by atoms with Crippen molar-refractivity contribution in [3.8, 4) is 0 Å². The van der Waals surface area contributed by atoms with Gasteiger partial charge in [-0.05, 0) is 32.4 Å². The lowest BCUT2D eigenvalue weighted by atomic mass is 10.2. The molecule has 8 heteroatoms. The van der Waals surface area contributed by atoms with Crippen LogP contribution in [0.3, 0.4) is 0 Å². The molecule has 0 unspecified atom stereocenters. The van der Waals surface area contributed by atoms with Gasteiger partial charge in [0.15, 0.2) is 15.9 Å². The highest BCUT2D eigenvalue weighted by Gasteiger charge is 2.30. The fraction of sp³-hybridized carbons (Fsp3) is 0.500. The van der Waals surface area contributed by atoms with Crippen LogP contribution in [0.1, 0.15) is 30.6 Å². The van der Waals surface area contributed by atoms with Gasteiger partial charge in [-0.3, -0.25) is 4.79 Å². The zero-order valence-electron chi connectivity index (χ0n) is 13.7. The van der Waals surface area contributed by atoms with Crippen molar-refractivity contribution in [1.82, 2.24) is 5.32 Å². The Morgan fingerprint density at radius 2 is 2.08 bits per heavy atom. The molecule has 1 N–H and O–H groups in total. The van der Waals surface area contributed by atoms with Crippen molar-refractivity contribution in [2.24, 2.45) is 0 Å². The molecule has 1 fully saturated rings. The van der Waals surface area contributed by atoms with Gasteiger partial charge in [0.2, 0.25) is 0 Å². The Kier molecular flexibility index (Phi) is 6.28. The van der Waals surface area contributed by atoms with Gasteiger partial charge in [-0.25, -0.2) is 13.2 Å². The first-order valence-electron chi connectivity index (χ1n) is 7.77. The number of ether oxygens (including phenoxy) is 1. The van der Waals surface area contributed by atoms with Gasteiger partial charge in [0, 0.05) is 16.7 Å². The monoisotopic (exact) mass is 371 g/mol. The van der Waals surface area contributed by atoms with E-state index in [1.807, 2.05) is 0 Å². The van der Waals surface area contributed by atoms with Crippen LogP contribution in [0.2, 0.25) is 0 Å². The van der Waals surface area contributed by atoms with Gasteiger partial charge in [-0.2, -0.15) is 0 Å². The molecular weight excluding hydrogens is 350 g/mol. The van der Waals surface area contributed by atoms with Crippen LogP contribution in [-0.4, -0.2) is 49.7 Å². The van der Waals surface area contributed by atoms with Gasteiger partial charge in [0.1, 0.15) is 0 Å². The van der Waals surface area contributed by atoms with E-state index in [1.165, 1.54) is 18.7 Å². The average molecular weight is 371 g/mol. The smallest absolute Gasteiger partial charge is 0.340 e. The van der Waals surface area contributed by atoms with Crippen LogP contribution in [0.5, 0.6) is 0 Å². The molecule has 0 bridgehead atoms. The molecule has 1 saturated heterocycles. The standard InChI is InChI=1S/C16H21NO5S2/c1-3-17-15(18)11(2)22-16(19)13-6-4-5-7-14(13)23-12-8-9-24(20,21)10-12/h4-7,11-12H,3,8-10H2,1-2H3,(H,17,18)/t11-,12-/m0/s1. The molecule has 24 heavy (non-hydrogen) atoms. The zero-order valence-corrected chi connectivity index (χ0v) is 15.3. The third kappa shape index (κ3) is 4.98. The molecular formula is C16H21NO5S2. The molecule has 0 saturated carbocycles. The summed E-state index contributed by atoms with van der Waals surface area (Å²) >= 11 is 1.37. The molecule has 2 atom stereocenters. The predicted molar refractivity (Wildman–Crippen MR) is 92.9 cm³/mol. The van der Waals surface area contributed by atoms with Crippen molar-refractivity contribution < 1.29 is 22.7 Å². The molecule has 1 aliphatic heterocycles. The van der Waals surface area contributed by atoms with Crippen molar-refractivity contribution in [3.05, 3.63) is 29.8 Å². The van der Waals surface area contributed by atoms with Crippen molar-refractivity contribution in [1.29, 1.82) is 0 Å². The van der Waals surface area contributed by atoms with Crippen LogP contribution in [-0.2, 0) is 19.4 Å². The number of amides is 1. The Hall–Kier alpha value is -1.54. The van der Waals surface area contributed by atoms with Crippen LogP contribution >= 0.6 is 11.8 Å². The summed E-state index contributed by atoms with van der Waals surface area (Å²) in [6, 6.07) is 6.89. The summed E-state index contributed by atoms with van der Waals surface area (Å²) in [5.74, 6) is -0.627. The van der Waals surface area contributed by atoms with Gasteiger partial charge in [0.05, 0.1) is 17.1 Å². The maximum atomic E-state index is 12.4. The minimum atomic E-state index is -2.98. The first-order chi connectivity index (χ1) is 11.3. The van der Waals surface area contributed by atoms with Crippen molar-refractivity contribution >= 4 is 33.5 Å². The predicted octanol–water partition coefficient (Wildman–Crippen LogP) is 1.65. The van der Waals surface area contributed by atoms with Gasteiger partial charge in [0.25, 0.3) is 5.91 Å². The van der Waals surface area contributed by atoms with E-state index in [0.717, 1.165) is 0 Å². The lowest BCUT2D eigenvalue weighted by molar-refractivity contribution is -0.128. The van der Waals surface area contributed by atoms with E-state index in [4.69, 9.17) is 4.74 Å². The normalized spacial score (nSPS) is 20.3. The molecule has 1 heterocycles. The molecule has 1 aliphatic rings. The molecule has 0 aromatic heterocycles. The second kappa shape index (κ2) is 8.02. The first kappa shape index (κ1) is 18.8. The number of carbonyl (C=O) groups excluding carboxylic acids is 2. The molecule has 2 rings (SSSR count). The molecule has 6 nitrogen and oxygen atoms in total. The molecule has 0 radical (unpaired) electrons. The maximum absolute atomic E-state index is 12.4. The van der Waals surface area contributed by atoms with Crippen LogP contribution in [0, 0.1) is 0 Å². The first-order valence-corrected chi connectivity index (χ1v) is 10.5. The summed E-state index contributed by atoms with van der Waals surface area (Å²) in [5, 5.41) is 2.53. The molecule has 0 aliphatic carbocycles. The Morgan fingerprint density at radius 3 is 2.71 bits per heavy atom. The number of sulfone groups is 1. The van der Waals surface area contributed by atoms with Crippen LogP contribution in [0.25, 0.3) is 0 Å². The lowest BCUT2D eigenvalue weighted by Crippen LogP contribution is -2.35. The highest BCUT2D eigenvalue weighted by atomic mass is 32.2. The summed E-state index contributed by atoms with van der Waals surface area (Å²) < 4.78 is 28.4. The van der Waals surface area contributed by atoms with E-state index in [0.29, 0.717) is 23.4 Å². The molecule has 1 aromatic rings. The van der Waals surface area contributed by atoms with E-state index in [2.05, 4.69) is 5.32 Å². The topological polar surface area (TPSA) is 89.5 Å². The maximum Gasteiger partial charge on any atom is 0.340 e. The lowest BCUT2D eigenvalue weighted by Gasteiger charge is -2.15. The summed E-state index contributed by atoms with van der Waals surface area (Å²) in [7, 11) is -2.98. The molecule has 1 aromatic carbocycles. The summed E-state index contributed by atoms with van der Waals surface area (Å²) in [6.45, 7) is 3.76. The number of carbonyl (C=O) groups is 2. The Balaban J connectivity index is 2.08. The number of rotatable bonds is 6. The van der Waals surface area contributed by atoms with E-state index in [9.17, 15) is 18.0 Å². The van der Waals surface area contributed by atoms with Crippen LogP contribution in [0.15, 0.2) is 29.2 Å². The van der Waals surface area contributed by atoms with Crippen molar-refractivity contribution in [2.45, 2.75) is 36.5 Å². The van der Waals surface area contributed by atoms with Crippen molar-refractivity contribution in [3.63, 3.8) is 0 Å². The van der Waals surface area contributed by atoms with E-state index < -0.39 is 21.9 Å². The van der Waals surface area contributed by atoms with Crippen molar-refractivity contribution in [2.75, 3.05) is 18.1 Å². The Bertz CT molecular complexity index is 717. The fourth-order valence-corrected chi connectivity index (χ4v) is 5.98. The van der Waals surface area contributed by atoms with E-state index >= 15 is 0 Å². The van der Waals surface area contributed by atoms with E-state index in [1.54, 1.807) is 31.2 Å². The Labute approximate surface area is 146 Å². The minimum absolute atomic E-state index is 0.0650. The number of thioether (sulfide) groups is 1. The third-order valence-corrected chi connectivity index (χ3v) is 6.92. The molecule has 1 amide bonds. The number of nitrogens with one attached hydrogen (secondary N) is 1. The highest BCUT2D eigenvalue weighted by Crippen LogP contribution is 2.33. The fourth-order valence-electron chi connectivity index (χ4n) is 2.37. The van der Waals surface area contributed by atoms with Gasteiger partial charge in [-0.1, -0.05) is 12.1 Å². The summed E-state index contributed by atoms with van der Waals surface area (Å²) in [5.41, 5.74) is 0.350. The minimum Gasteiger partial charge on any atom is -0.449 e. The SMILES string of the molecule is CCNC(=O)[C@H](C)OC(=O)c1ccccc1S[C@H]1CCS(=O)(=O)C1. The zero-order chi connectivity index (χ0) is 17.7. The summed E-state index contributed by atoms with van der Waals surface area (Å²) in [6.07, 6.45) is -0.312. The van der Waals surface area contributed by atoms with Gasteiger partial charge >= 0.3 is 5.97 Å². The number of hydrogen-bond acceptors (Lipinski definition) is 6. The second-order valence-corrected chi connectivity index (χ2v) is 9.15. The summed E-state index contributed by atoms with van der Waals surface area (Å²) in [4.78, 5) is 24.7. The van der Waals surface area contributed by atoms with Crippen LogP contribution < -0.4 is 5.32 Å². The van der Waals surface area contributed by atoms with Crippen LogP contribution in [0.4, 0.5) is 0 Å². The van der Waals surface area contributed by atoms with Gasteiger partial charge in [-0.15, -0.1) is 11.8 Å². The highest BCUT2D eigenvalue weighted by molar-refractivity contribution is 8.02. The quantitative estimate of drug-likeness (QED) is 0.765. The van der Waals surface area contributed by atoms with Gasteiger partial charge < -0.3 is 10.1 Å². The number of benzene rings is 1. The number of esters is 1. The number of hydrogen-bond donors (Lipinski definition) is 1. The molecule has 0 spiro atoms. The van der Waals surface area contributed by atoms with E-state index in [-0.39, 0.29) is 22.7 Å². The Morgan fingerprint density at radius 1 is 1.38 bits per heavy atom. The molecule has 132 valence electrons. The second-order valence-electron chi connectivity index (χ2n) is 5.58. The largest absolute Gasteiger partial charge is 0.449 e.